The van der Waals surface area contributed by atoms with Crippen LogP contribution in [0.2, 0.25) is 0 Å². The van der Waals surface area contributed by atoms with Crippen LogP contribution in [0.15, 0.2) is 91.0 Å². The molecule has 0 radical (unpaired) electrons. The second kappa shape index (κ2) is 8.78. The Balaban J connectivity index is 1.40. The summed E-state index contributed by atoms with van der Waals surface area (Å²) in [5.41, 5.74) is 3.93. The number of hydrogen-bond acceptors (Lipinski definition) is 0. The third kappa shape index (κ3) is 4.39. The van der Waals surface area contributed by atoms with Gasteiger partial charge in [-0.2, -0.15) is 0 Å². The van der Waals surface area contributed by atoms with Crippen molar-refractivity contribution >= 4 is 44.5 Å². The quantitative estimate of drug-likeness (QED) is 0.151. The molecule has 31 heavy (non-hydrogen) atoms. The topological polar surface area (TPSA) is 0 Å². The standard InChI is InChI=1S/C31H28/c1-2-3-4-7-23-10-12-24(13-11-23)14-15-25-16-17-28-21-30-19-26-8-5-6-9-27(26)20-31(30)22-29(28)18-25/h5-6,8-22H,2-4,7H2,1H3. The Bertz CT molecular complexity index is 1370. The largest absolute Gasteiger partial charge is 0.0654 e. The van der Waals surface area contributed by atoms with Crippen molar-refractivity contribution in [2.45, 2.75) is 32.6 Å². The SMILES string of the molecule is CCCCCc1ccc(C=Cc2ccc3cc4cc5ccccc5cc4cc3c2)cc1. The van der Waals surface area contributed by atoms with Gasteiger partial charge in [0.25, 0.3) is 0 Å². The third-order valence-electron chi connectivity index (χ3n) is 6.20. The molecule has 0 atom stereocenters. The Morgan fingerprint density at radius 2 is 1.06 bits per heavy atom. The normalized spacial score (nSPS) is 11.8. The Kier molecular flexibility index (Phi) is 5.54. The van der Waals surface area contributed by atoms with Gasteiger partial charge in [-0.25, -0.2) is 0 Å². The van der Waals surface area contributed by atoms with Gasteiger partial charge in [0.2, 0.25) is 0 Å². The smallest absolute Gasteiger partial charge is 0.0171 e. The molecular formula is C31H28. The van der Waals surface area contributed by atoms with Crippen molar-refractivity contribution in [3.63, 3.8) is 0 Å². The summed E-state index contributed by atoms with van der Waals surface area (Å²) in [5, 5.41) is 7.76. The van der Waals surface area contributed by atoms with Crippen molar-refractivity contribution in [2.24, 2.45) is 0 Å². The van der Waals surface area contributed by atoms with E-state index in [0.717, 1.165) is 0 Å². The molecule has 5 aromatic rings. The van der Waals surface area contributed by atoms with Crippen LogP contribution in [0.4, 0.5) is 0 Å². The van der Waals surface area contributed by atoms with Crippen LogP contribution in [-0.2, 0) is 6.42 Å². The number of aryl methyl sites for hydroxylation is 1. The van der Waals surface area contributed by atoms with E-state index in [1.54, 1.807) is 0 Å². The first kappa shape index (κ1) is 19.6. The van der Waals surface area contributed by atoms with Crippen LogP contribution in [0.3, 0.4) is 0 Å². The lowest BCUT2D eigenvalue weighted by Crippen LogP contribution is -1.85. The predicted octanol–water partition coefficient (Wildman–Crippen LogP) is 9.05. The van der Waals surface area contributed by atoms with Crippen molar-refractivity contribution in [3.8, 4) is 0 Å². The van der Waals surface area contributed by atoms with Crippen molar-refractivity contribution in [1.82, 2.24) is 0 Å². The van der Waals surface area contributed by atoms with E-state index in [-0.39, 0.29) is 0 Å². The van der Waals surface area contributed by atoms with Gasteiger partial charge in [0.15, 0.2) is 0 Å². The molecule has 0 amide bonds. The Morgan fingerprint density at radius 1 is 0.516 bits per heavy atom. The number of fused-ring (bicyclic) bond motifs is 3. The molecule has 0 N–H and O–H groups in total. The first-order valence-corrected chi connectivity index (χ1v) is 11.4. The number of hydrogen-bond donors (Lipinski definition) is 0. The first-order valence-electron chi connectivity index (χ1n) is 11.4. The summed E-state index contributed by atoms with van der Waals surface area (Å²) in [6.45, 7) is 2.26. The highest BCUT2D eigenvalue weighted by atomic mass is 14.1. The predicted molar refractivity (Wildman–Crippen MR) is 138 cm³/mol. The Labute approximate surface area is 184 Å². The molecule has 0 aliphatic heterocycles. The zero-order valence-corrected chi connectivity index (χ0v) is 18.1. The van der Waals surface area contributed by atoms with Gasteiger partial charge < -0.3 is 0 Å². The monoisotopic (exact) mass is 400 g/mol. The minimum atomic E-state index is 1.19. The summed E-state index contributed by atoms with van der Waals surface area (Å²) in [6, 6.07) is 33.6. The highest BCUT2D eigenvalue weighted by molar-refractivity contribution is 6.05. The second-order valence-corrected chi connectivity index (χ2v) is 8.54. The van der Waals surface area contributed by atoms with Crippen molar-refractivity contribution in [2.75, 3.05) is 0 Å². The summed E-state index contributed by atoms with van der Waals surface area (Å²) in [6.07, 6.45) is 9.49. The van der Waals surface area contributed by atoms with Gasteiger partial charge in [0, 0.05) is 0 Å². The number of benzene rings is 5. The van der Waals surface area contributed by atoms with Crippen LogP contribution in [0.1, 0.15) is 42.9 Å². The van der Waals surface area contributed by atoms with Gasteiger partial charge in [0.05, 0.1) is 0 Å². The maximum atomic E-state index is 2.32. The average molecular weight is 401 g/mol. The molecule has 152 valence electrons. The molecule has 0 nitrogen and oxygen atoms in total. The van der Waals surface area contributed by atoms with Crippen LogP contribution in [0, 0.1) is 0 Å². The summed E-state index contributed by atoms with van der Waals surface area (Å²) in [5.74, 6) is 0. The maximum absolute atomic E-state index is 2.32. The van der Waals surface area contributed by atoms with E-state index in [1.807, 2.05) is 0 Å². The van der Waals surface area contributed by atoms with Crippen molar-refractivity contribution in [3.05, 3.63) is 108 Å². The van der Waals surface area contributed by atoms with Gasteiger partial charge in [0.1, 0.15) is 0 Å². The second-order valence-electron chi connectivity index (χ2n) is 8.54. The van der Waals surface area contributed by atoms with E-state index in [9.17, 15) is 0 Å². The van der Waals surface area contributed by atoms with Gasteiger partial charge in [-0.15, -0.1) is 0 Å². The van der Waals surface area contributed by atoms with Crippen LogP contribution >= 0.6 is 0 Å². The summed E-state index contributed by atoms with van der Waals surface area (Å²) in [4.78, 5) is 0. The average Bonchev–Trinajstić information content (AvgIpc) is 2.81. The molecule has 0 heterocycles. The van der Waals surface area contributed by atoms with Gasteiger partial charge in [-0.3, -0.25) is 0 Å². The fourth-order valence-corrected chi connectivity index (χ4v) is 4.38. The summed E-state index contributed by atoms with van der Waals surface area (Å²) in [7, 11) is 0. The molecule has 0 aliphatic carbocycles. The van der Waals surface area contributed by atoms with E-state index < -0.39 is 0 Å². The molecule has 0 aromatic heterocycles. The van der Waals surface area contributed by atoms with Crippen LogP contribution in [-0.4, -0.2) is 0 Å². The summed E-state index contributed by atoms with van der Waals surface area (Å²) < 4.78 is 0. The highest BCUT2D eigenvalue weighted by Crippen LogP contribution is 2.28. The maximum Gasteiger partial charge on any atom is -0.0171 e. The minimum Gasteiger partial charge on any atom is -0.0654 e. The molecule has 5 rings (SSSR count). The van der Waals surface area contributed by atoms with Crippen LogP contribution in [0.25, 0.3) is 44.5 Å². The van der Waals surface area contributed by atoms with E-state index in [4.69, 9.17) is 0 Å². The molecular weight excluding hydrogens is 372 g/mol. The van der Waals surface area contributed by atoms with E-state index in [2.05, 4.69) is 110 Å². The Morgan fingerprint density at radius 3 is 1.74 bits per heavy atom. The zero-order valence-electron chi connectivity index (χ0n) is 18.1. The van der Waals surface area contributed by atoms with Crippen molar-refractivity contribution in [1.29, 1.82) is 0 Å². The third-order valence-corrected chi connectivity index (χ3v) is 6.20. The van der Waals surface area contributed by atoms with E-state index >= 15 is 0 Å². The van der Waals surface area contributed by atoms with Crippen LogP contribution in [0.5, 0.6) is 0 Å². The molecule has 0 bridgehead atoms. The van der Waals surface area contributed by atoms with Gasteiger partial charge in [-0.05, 0) is 92.2 Å². The lowest BCUT2D eigenvalue weighted by atomic mass is 9.98. The van der Waals surface area contributed by atoms with E-state index in [1.165, 1.54) is 74.7 Å². The highest BCUT2D eigenvalue weighted by Gasteiger charge is 2.02. The van der Waals surface area contributed by atoms with Crippen LogP contribution < -0.4 is 0 Å². The fraction of sp³-hybridized carbons (Fsp3) is 0.161. The lowest BCUT2D eigenvalue weighted by molar-refractivity contribution is 0.717. The molecule has 0 saturated carbocycles. The Hall–Kier alpha value is -3.38. The molecule has 0 spiro atoms. The summed E-state index contributed by atoms with van der Waals surface area (Å²) >= 11 is 0. The van der Waals surface area contributed by atoms with Gasteiger partial charge >= 0.3 is 0 Å². The molecule has 0 fully saturated rings. The molecule has 5 aromatic carbocycles. The molecule has 0 unspecified atom stereocenters. The fourth-order valence-electron chi connectivity index (χ4n) is 4.38. The number of unbranched alkanes of at least 4 members (excludes halogenated alkanes) is 2. The lowest BCUT2D eigenvalue weighted by Gasteiger charge is -2.06. The molecule has 0 heteroatoms. The molecule has 0 saturated heterocycles. The minimum absolute atomic E-state index is 1.19. The first-order chi connectivity index (χ1) is 15.3. The van der Waals surface area contributed by atoms with E-state index in [0.29, 0.717) is 0 Å². The number of rotatable bonds is 6. The van der Waals surface area contributed by atoms with Crippen molar-refractivity contribution < 1.29 is 0 Å². The molecule has 0 aliphatic rings. The zero-order chi connectivity index (χ0) is 21.0. The van der Waals surface area contributed by atoms with Gasteiger partial charge in [-0.1, -0.05) is 92.6 Å².